The average molecular weight is 344 g/mol. The van der Waals surface area contributed by atoms with Crippen molar-refractivity contribution in [2.24, 2.45) is 0 Å². The maximum Gasteiger partial charge on any atom is 0.343 e. The van der Waals surface area contributed by atoms with Crippen molar-refractivity contribution in [3.05, 3.63) is 52.9 Å². The smallest absolute Gasteiger partial charge is 0.343 e. The van der Waals surface area contributed by atoms with E-state index in [1.807, 2.05) is 0 Å². The van der Waals surface area contributed by atoms with E-state index in [1.165, 1.54) is 24.5 Å². The van der Waals surface area contributed by atoms with Crippen molar-refractivity contribution in [1.29, 1.82) is 0 Å². The van der Waals surface area contributed by atoms with Gasteiger partial charge in [0.1, 0.15) is 11.4 Å². The molecular weight excluding hydrogens is 332 g/mol. The van der Waals surface area contributed by atoms with Gasteiger partial charge in [0.25, 0.3) is 5.91 Å². The zero-order chi connectivity index (χ0) is 17.1. The minimum atomic E-state index is -1.24. The summed E-state index contributed by atoms with van der Waals surface area (Å²) >= 11 is 1.33. The molecular formula is C16H12N2O5S. The largest absolute Gasteiger partial charge is 0.497 e. The summed E-state index contributed by atoms with van der Waals surface area (Å²) in [5.41, 5.74) is 0.298. The number of nitrogens with zero attached hydrogens (tertiary/aromatic N) is 1. The standard InChI is InChI=1S/C16H12N2O5S/c1-22-10-5-2-4-9(8-10)14(19)17-15-12(16(20)21)13(18-23-15)11-6-3-7-24-11/h2-8H,1H3,(H,17,19)(H,20,21). The Kier molecular flexibility index (Phi) is 4.30. The van der Waals surface area contributed by atoms with Gasteiger partial charge in [-0.15, -0.1) is 11.3 Å². The van der Waals surface area contributed by atoms with E-state index in [2.05, 4.69) is 10.5 Å². The molecule has 3 rings (SSSR count). The van der Waals surface area contributed by atoms with E-state index >= 15 is 0 Å². The van der Waals surface area contributed by atoms with E-state index in [-0.39, 0.29) is 17.1 Å². The highest BCUT2D eigenvalue weighted by atomic mass is 32.1. The Hall–Kier alpha value is -3.13. The monoisotopic (exact) mass is 344 g/mol. The van der Waals surface area contributed by atoms with Crippen molar-refractivity contribution in [2.75, 3.05) is 12.4 Å². The van der Waals surface area contributed by atoms with E-state index < -0.39 is 11.9 Å². The van der Waals surface area contributed by atoms with Gasteiger partial charge in [0, 0.05) is 5.56 Å². The van der Waals surface area contributed by atoms with Crippen molar-refractivity contribution < 1.29 is 24.0 Å². The lowest BCUT2D eigenvalue weighted by Gasteiger charge is -2.04. The third-order valence-electron chi connectivity index (χ3n) is 3.22. The molecule has 0 radical (unpaired) electrons. The molecule has 0 unspecified atom stereocenters. The molecule has 0 atom stereocenters. The number of ether oxygens (including phenoxy) is 1. The molecule has 2 N–H and O–H groups in total. The number of hydrogen-bond acceptors (Lipinski definition) is 6. The molecule has 0 aliphatic carbocycles. The first-order chi connectivity index (χ1) is 11.6. The van der Waals surface area contributed by atoms with Gasteiger partial charge >= 0.3 is 5.97 Å². The first kappa shape index (κ1) is 15.8. The molecule has 2 heterocycles. The van der Waals surface area contributed by atoms with Gasteiger partial charge in [-0.25, -0.2) is 4.79 Å². The van der Waals surface area contributed by atoms with Crippen LogP contribution in [0.15, 0.2) is 46.3 Å². The molecule has 122 valence electrons. The van der Waals surface area contributed by atoms with Gasteiger partial charge < -0.3 is 14.4 Å². The van der Waals surface area contributed by atoms with E-state index in [1.54, 1.807) is 35.7 Å². The van der Waals surface area contributed by atoms with Gasteiger partial charge in [0.2, 0.25) is 5.88 Å². The van der Waals surface area contributed by atoms with Crippen LogP contribution in [0.2, 0.25) is 0 Å². The fourth-order valence-corrected chi connectivity index (χ4v) is 2.81. The van der Waals surface area contributed by atoms with E-state index in [4.69, 9.17) is 9.26 Å². The van der Waals surface area contributed by atoms with Crippen molar-refractivity contribution >= 4 is 29.1 Å². The van der Waals surface area contributed by atoms with E-state index in [0.717, 1.165) is 0 Å². The topological polar surface area (TPSA) is 102 Å². The molecule has 3 aromatic rings. The summed E-state index contributed by atoms with van der Waals surface area (Å²) in [5.74, 6) is -1.46. The van der Waals surface area contributed by atoms with Crippen LogP contribution in [0.25, 0.3) is 10.6 Å². The third-order valence-corrected chi connectivity index (χ3v) is 4.10. The van der Waals surface area contributed by atoms with Crippen LogP contribution in [-0.4, -0.2) is 29.2 Å². The van der Waals surface area contributed by atoms with Gasteiger partial charge in [-0.2, -0.15) is 0 Å². The van der Waals surface area contributed by atoms with Crippen molar-refractivity contribution in [2.45, 2.75) is 0 Å². The summed E-state index contributed by atoms with van der Waals surface area (Å²) in [5, 5.41) is 17.4. The Bertz CT molecular complexity index is 886. The molecule has 0 aliphatic heterocycles. The van der Waals surface area contributed by atoms with Crippen LogP contribution in [0, 0.1) is 0 Å². The van der Waals surface area contributed by atoms with Crippen LogP contribution in [0.5, 0.6) is 5.75 Å². The maximum absolute atomic E-state index is 12.3. The highest BCUT2D eigenvalue weighted by molar-refractivity contribution is 7.13. The van der Waals surface area contributed by atoms with Gasteiger partial charge in [0.05, 0.1) is 12.0 Å². The summed E-state index contributed by atoms with van der Waals surface area (Å²) in [4.78, 5) is 24.5. The highest BCUT2D eigenvalue weighted by Gasteiger charge is 2.26. The van der Waals surface area contributed by atoms with Crippen LogP contribution >= 0.6 is 11.3 Å². The van der Waals surface area contributed by atoms with Crippen LogP contribution < -0.4 is 10.1 Å². The summed E-state index contributed by atoms with van der Waals surface area (Å²) in [7, 11) is 1.49. The molecule has 1 amide bonds. The molecule has 7 nitrogen and oxygen atoms in total. The number of hydrogen-bond donors (Lipinski definition) is 2. The second kappa shape index (κ2) is 6.55. The van der Waals surface area contributed by atoms with Gasteiger partial charge in [-0.1, -0.05) is 17.3 Å². The number of nitrogens with one attached hydrogen (secondary N) is 1. The minimum Gasteiger partial charge on any atom is -0.497 e. The predicted octanol–water partition coefficient (Wildman–Crippen LogP) is 3.36. The SMILES string of the molecule is COc1cccc(C(=O)Nc2onc(-c3cccs3)c2C(=O)O)c1. The Morgan fingerprint density at radius 2 is 2.12 bits per heavy atom. The third kappa shape index (κ3) is 2.99. The number of carbonyl (C=O) groups is 2. The van der Waals surface area contributed by atoms with Gasteiger partial charge in [0.15, 0.2) is 5.56 Å². The Morgan fingerprint density at radius 3 is 2.79 bits per heavy atom. The molecule has 24 heavy (non-hydrogen) atoms. The Morgan fingerprint density at radius 1 is 1.29 bits per heavy atom. The molecule has 0 spiro atoms. The first-order valence-corrected chi connectivity index (χ1v) is 7.70. The number of benzene rings is 1. The number of aromatic nitrogens is 1. The van der Waals surface area contributed by atoms with E-state index in [0.29, 0.717) is 16.2 Å². The molecule has 0 aliphatic rings. The second-order valence-electron chi connectivity index (χ2n) is 4.70. The highest BCUT2D eigenvalue weighted by Crippen LogP contribution is 2.32. The minimum absolute atomic E-state index is 0.179. The molecule has 0 fully saturated rings. The summed E-state index contributed by atoms with van der Waals surface area (Å²) in [6.45, 7) is 0. The number of carbonyl (C=O) groups excluding carboxylic acids is 1. The quantitative estimate of drug-likeness (QED) is 0.736. The van der Waals surface area contributed by atoms with Crippen molar-refractivity contribution in [3.63, 3.8) is 0 Å². The average Bonchev–Trinajstić information content (AvgIpc) is 3.23. The first-order valence-electron chi connectivity index (χ1n) is 6.82. The maximum atomic E-state index is 12.3. The lowest BCUT2D eigenvalue weighted by Crippen LogP contribution is -2.14. The molecule has 0 saturated heterocycles. The zero-order valence-electron chi connectivity index (χ0n) is 12.5. The van der Waals surface area contributed by atoms with Crippen molar-refractivity contribution in [3.8, 4) is 16.3 Å². The van der Waals surface area contributed by atoms with Crippen molar-refractivity contribution in [1.82, 2.24) is 5.16 Å². The fourth-order valence-electron chi connectivity index (χ4n) is 2.09. The number of thiophene rings is 1. The van der Waals surface area contributed by atoms with Crippen LogP contribution in [0.3, 0.4) is 0 Å². The molecule has 0 bridgehead atoms. The Labute approximate surface area is 140 Å². The van der Waals surface area contributed by atoms with E-state index in [9.17, 15) is 14.7 Å². The number of carboxylic acids is 1. The summed E-state index contributed by atoms with van der Waals surface area (Å²) in [6.07, 6.45) is 0. The molecule has 1 aromatic carbocycles. The van der Waals surface area contributed by atoms with Crippen LogP contribution in [0.1, 0.15) is 20.7 Å². The normalized spacial score (nSPS) is 10.4. The zero-order valence-corrected chi connectivity index (χ0v) is 13.3. The lowest BCUT2D eigenvalue weighted by molar-refractivity contribution is 0.0698. The molecule has 0 saturated carbocycles. The fraction of sp³-hybridized carbons (Fsp3) is 0.0625. The summed E-state index contributed by atoms with van der Waals surface area (Å²) < 4.78 is 10.1. The van der Waals surface area contributed by atoms with Gasteiger partial charge in [-0.05, 0) is 29.6 Å². The van der Waals surface area contributed by atoms with Gasteiger partial charge in [-0.3, -0.25) is 10.1 Å². The second-order valence-corrected chi connectivity index (χ2v) is 5.65. The number of methoxy groups -OCH3 is 1. The number of carboxylic acid groups (broad SMARTS) is 1. The molecule has 8 heteroatoms. The number of amides is 1. The Balaban J connectivity index is 1.92. The summed E-state index contributed by atoms with van der Waals surface area (Å²) in [6, 6.07) is 9.96. The number of rotatable bonds is 5. The molecule has 2 aromatic heterocycles. The number of aromatic carboxylic acids is 1. The van der Waals surface area contributed by atoms with Crippen LogP contribution in [0.4, 0.5) is 5.88 Å². The van der Waals surface area contributed by atoms with Crippen LogP contribution in [-0.2, 0) is 0 Å². The number of anilines is 1. The predicted molar refractivity (Wildman–Crippen MR) is 87.7 cm³/mol. The lowest BCUT2D eigenvalue weighted by atomic mass is 10.2.